The maximum atomic E-state index is 13.2. The third kappa shape index (κ3) is 7.07. The number of piperidine rings is 1. The lowest BCUT2D eigenvalue weighted by molar-refractivity contribution is -0.117. The van der Waals surface area contributed by atoms with Crippen molar-refractivity contribution in [2.75, 3.05) is 31.5 Å². The van der Waals surface area contributed by atoms with Crippen LogP contribution in [0.5, 0.6) is 11.5 Å². The standard InChI is InChI=1S/C24H30FN3O3/c1-2-3-13-26-24(30)21-16-19(27-23(29)17-28-14-5-4-6-15-28)9-12-22(21)31-20-10-7-18(25)8-11-20/h7-12,16H,2-6,13-15,17H2,1H3,(H,26,30)(H,27,29). The van der Waals surface area contributed by atoms with Gasteiger partial charge in [0, 0.05) is 12.2 Å². The molecule has 7 heteroatoms. The van der Waals surface area contributed by atoms with E-state index < -0.39 is 0 Å². The van der Waals surface area contributed by atoms with Gasteiger partial charge in [-0.2, -0.15) is 0 Å². The Balaban J connectivity index is 1.74. The molecule has 31 heavy (non-hydrogen) atoms. The Labute approximate surface area is 182 Å². The normalized spacial score (nSPS) is 14.1. The first-order valence-electron chi connectivity index (χ1n) is 10.9. The second kappa shape index (κ2) is 11.5. The topological polar surface area (TPSA) is 70.7 Å². The zero-order valence-corrected chi connectivity index (χ0v) is 18.0. The van der Waals surface area contributed by atoms with Crippen molar-refractivity contribution in [3.63, 3.8) is 0 Å². The fourth-order valence-electron chi connectivity index (χ4n) is 3.50. The minimum Gasteiger partial charge on any atom is -0.457 e. The molecule has 0 radical (unpaired) electrons. The van der Waals surface area contributed by atoms with E-state index in [1.807, 2.05) is 6.92 Å². The highest BCUT2D eigenvalue weighted by molar-refractivity contribution is 5.99. The molecule has 3 rings (SSSR count). The van der Waals surface area contributed by atoms with Gasteiger partial charge in [-0.05, 0) is 74.8 Å². The molecule has 0 spiro atoms. The number of anilines is 1. The molecule has 0 atom stereocenters. The minimum absolute atomic E-state index is 0.105. The lowest BCUT2D eigenvalue weighted by Crippen LogP contribution is -2.36. The summed E-state index contributed by atoms with van der Waals surface area (Å²) in [5, 5.41) is 5.77. The van der Waals surface area contributed by atoms with E-state index in [0.717, 1.165) is 38.8 Å². The molecule has 1 heterocycles. The molecular weight excluding hydrogens is 397 g/mol. The molecule has 1 aliphatic heterocycles. The number of hydrogen-bond acceptors (Lipinski definition) is 4. The summed E-state index contributed by atoms with van der Waals surface area (Å²) in [6, 6.07) is 10.6. The molecule has 1 aliphatic rings. The van der Waals surface area contributed by atoms with Gasteiger partial charge < -0.3 is 15.4 Å². The van der Waals surface area contributed by atoms with Gasteiger partial charge in [-0.3, -0.25) is 14.5 Å². The second-order valence-electron chi connectivity index (χ2n) is 7.76. The number of halogens is 1. The van der Waals surface area contributed by atoms with Crippen LogP contribution >= 0.6 is 0 Å². The average Bonchev–Trinajstić information content (AvgIpc) is 2.77. The molecule has 0 unspecified atom stereocenters. The third-order valence-corrected chi connectivity index (χ3v) is 5.18. The Kier molecular flexibility index (Phi) is 8.41. The first kappa shape index (κ1) is 22.7. The van der Waals surface area contributed by atoms with Crippen molar-refractivity contribution in [3.8, 4) is 11.5 Å². The van der Waals surface area contributed by atoms with E-state index in [-0.39, 0.29) is 17.6 Å². The fraction of sp³-hybridized carbons (Fsp3) is 0.417. The number of unbranched alkanes of at least 4 members (excludes halogenated alkanes) is 1. The van der Waals surface area contributed by atoms with Crippen molar-refractivity contribution in [2.24, 2.45) is 0 Å². The van der Waals surface area contributed by atoms with E-state index in [1.165, 1.54) is 30.7 Å². The van der Waals surface area contributed by atoms with Gasteiger partial charge in [-0.25, -0.2) is 4.39 Å². The van der Waals surface area contributed by atoms with Crippen LogP contribution in [0.25, 0.3) is 0 Å². The van der Waals surface area contributed by atoms with Crippen LogP contribution in [0.15, 0.2) is 42.5 Å². The van der Waals surface area contributed by atoms with Gasteiger partial charge in [0.2, 0.25) is 5.91 Å². The van der Waals surface area contributed by atoms with E-state index in [0.29, 0.717) is 35.8 Å². The number of carbonyl (C=O) groups is 2. The monoisotopic (exact) mass is 427 g/mol. The van der Waals surface area contributed by atoms with Crippen LogP contribution in [0.3, 0.4) is 0 Å². The van der Waals surface area contributed by atoms with Crippen molar-refractivity contribution in [3.05, 3.63) is 53.8 Å². The number of carbonyl (C=O) groups excluding carboxylic acids is 2. The number of ether oxygens (including phenoxy) is 1. The summed E-state index contributed by atoms with van der Waals surface area (Å²) in [6.45, 7) is 4.81. The minimum atomic E-state index is -0.364. The zero-order chi connectivity index (χ0) is 22.1. The number of hydrogen-bond donors (Lipinski definition) is 2. The summed E-state index contributed by atoms with van der Waals surface area (Å²) in [6.07, 6.45) is 5.28. The highest BCUT2D eigenvalue weighted by atomic mass is 19.1. The highest BCUT2D eigenvalue weighted by Gasteiger charge is 2.17. The molecule has 0 aliphatic carbocycles. The summed E-state index contributed by atoms with van der Waals surface area (Å²) in [7, 11) is 0. The Morgan fingerprint density at radius 2 is 1.81 bits per heavy atom. The molecule has 2 N–H and O–H groups in total. The number of nitrogens with one attached hydrogen (secondary N) is 2. The quantitative estimate of drug-likeness (QED) is 0.575. The van der Waals surface area contributed by atoms with Crippen LogP contribution in [0, 0.1) is 5.82 Å². The lowest BCUT2D eigenvalue weighted by atomic mass is 10.1. The third-order valence-electron chi connectivity index (χ3n) is 5.18. The Morgan fingerprint density at radius 1 is 1.06 bits per heavy atom. The summed E-state index contributed by atoms with van der Waals surface area (Å²) in [5.41, 5.74) is 0.852. The van der Waals surface area contributed by atoms with E-state index in [2.05, 4.69) is 15.5 Å². The first-order valence-corrected chi connectivity index (χ1v) is 10.9. The van der Waals surface area contributed by atoms with Gasteiger partial charge in [0.05, 0.1) is 12.1 Å². The van der Waals surface area contributed by atoms with Crippen LogP contribution in [0.2, 0.25) is 0 Å². The van der Waals surface area contributed by atoms with Gasteiger partial charge in [0.1, 0.15) is 17.3 Å². The smallest absolute Gasteiger partial charge is 0.255 e. The molecule has 0 aromatic heterocycles. The molecule has 2 aromatic rings. The molecule has 6 nitrogen and oxygen atoms in total. The van der Waals surface area contributed by atoms with Crippen LogP contribution < -0.4 is 15.4 Å². The lowest BCUT2D eigenvalue weighted by Gasteiger charge is -2.25. The number of amides is 2. The Hall–Kier alpha value is -2.93. The Morgan fingerprint density at radius 3 is 2.52 bits per heavy atom. The molecule has 1 saturated heterocycles. The molecule has 0 bridgehead atoms. The number of rotatable bonds is 9. The van der Waals surface area contributed by atoms with Gasteiger partial charge in [0.15, 0.2) is 0 Å². The summed E-state index contributed by atoms with van der Waals surface area (Å²) >= 11 is 0. The van der Waals surface area contributed by atoms with Crippen molar-refractivity contribution < 1.29 is 18.7 Å². The van der Waals surface area contributed by atoms with Crippen molar-refractivity contribution in [1.82, 2.24) is 10.2 Å². The number of benzene rings is 2. The first-order chi connectivity index (χ1) is 15.0. The van der Waals surface area contributed by atoms with Crippen molar-refractivity contribution in [1.29, 1.82) is 0 Å². The summed E-state index contributed by atoms with van der Waals surface area (Å²) in [4.78, 5) is 27.4. The predicted octanol–water partition coefficient (Wildman–Crippen LogP) is 4.57. The van der Waals surface area contributed by atoms with Gasteiger partial charge in [-0.15, -0.1) is 0 Å². The van der Waals surface area contributed by atoms with E-state index in [4.69, 9.17) is 4.74 Å². The van der Waals surface area contributed by atoms with Gasteiger partial charge >= 0.3 is 0 Å². The largest absolute Gasteiger partial charge is 0.457 e. The van der Waals surface area contributed by atoms with Gasteiger partial charge in [0.25, 0.3) is 5.91 Å². The molecule has 2 aromatic carbocycles. The van der Waals surface area contributed by atoms with Crippen molar-refractivity contribution >= 4 is 17.5 Å². The Bertz CT molecular complexity index is 880. The maximum absolute atomic E-state index is 13.2. The van der Waals surface area contributed by atoms with Crippen LogP contribution in [0.1, 0.15) is 49.4 Å². The SMILES string of the molecule is CCCCNC(=O)c1cc(NC(=O)CN2CCCCC2)ccc1Oc1ccc(F)cc1. The second-order valence-corrected chi connectivity index (χ2v) is 7.76. The fourth-order valence-corrected chi connectivity index (χ4v) is 3.50. The predicted molar refractivity (Wildman–Crippen MR) is 119 cm³/mol. The van der Waals surface area contributed by atoms with Crippen LogP contribution in [-0.4, -0.2) is 42.9 Å². The molecule has 1 fully saturated rings. The molecule has 166 valence electrons. The van der Waals surface area contributed by atoms with Crippen LogP contribution in [0.4, 0.5) is 10.1 Å². The van der Waals surface area contributed by atoms with Crippen LogP contribution in [-0.2, 0) is 4.79 Å². The maximum Gasteiger partial charge on any atom is 0.255 e. The van der Waals surface area contributed by atoms with Crippen molar-refractivity contribution in [2.45, 2.75) is 39.0 Å². The molecule has 0 saturated carbocycles. The van der Waals surface area contributed by atoms with E-state index in [1.54, 1.807) is 18.2 Å². The molecular formula is C24H30FN3O3. The highest BCUT2D eigenvalue weighted by Crippen LogP contribution is 2.28. The van der Waals surface area contributed by atoms with E-state index >= 15 is 0 Å². The summed E-state index contributed by atoms with van der Waals surface area (Å²) < 4.78 is 19.0. The number of likely N-dealkylation sites (tertiary alicyclic amines) is 1. The molecule has 2 amide bonds. The zero-order valence-electron chi connectivity index (χ0n) is 18.0. The van der Waals surface area contributed by atoms with E-state index in [9.17, 15) is 14.0 Å². The summed E-state index contributed by atoms with van der Waals surface area (Å²) in [5.74, 6) is 0.0151. The number of nitrogens with zero attached hydrogens (tertiary/aromatic N) is 1. The average molecular weight is 428 g/mol. The van der Waals surface area contributed by atoms with Gasteiger partial charge in [-0.1, -0.05) is 19.8 Å².